The average Bonchev–Trinajstić information content (AvgIpc) is 3.31. The molecule has 0 aliphatic carbocycles. The number of rotatable bonds is 7. The molecule has 2 aromatic heterocycles. The monoisotopic (exact) mass is 426 g/mol. The van der Waals surface area contributed by atoms with Crippen molar-refractivity contribution in [2.75, 3.05) is 7.11 Å². The van der Waals surface area contributed by atoms with E-state index in [1.807, 2.05) is 66.7 Å². The Labute approximate surface area is 185 Å². The Balaban J connectivity index is 1.68. The fourth-order valence-electron chi connectivity index (χ4n) is 3.39. The smallest absolute Gasteiger partial charge is 0.328 e. The minimum atomic E-state index is -0.836. The van der Waals surface area contributed by atoms with E-state index in [1.54, 1.807) is 29.3 Å². The first-order valence-corrected chi connectivity index (χ1v) is 10.1. The van der Waals surface area contributed by atoms with E-state index in [2.05, 4.69) is 15.4 Å². The van der Waals surface area contributed by atoms with E-state index in [0.717, 1.165) is 11.3 Å². The molecular formula is C25H22N4O3. The third-order valence-electron chi connectivity index (χ3n) is 4.99. The summed E-state index contributed by atoms with van der Waals surface area (Å²) in [6, 6.07) is 21.7. The van der Waals surface area contributed by atoms with Crippen molar-refractivity contribution in [1.29, 1.82) is 0 Å². The Kier molecular flexibility index (Phi) is 6.36. The van der Waals surface area contributed by atoms with Crippen LogP contribution in [-0.2, 0) is 16.0 Å². The molecule has 2 heterocycles. The van der Waals surface area contributed by atoms with Gasteiger partial charge in [-0.05, 0) is 29.8 Å². The Morgan fingerprint density at radius 1 is 1.00 bits per heavy atom. The van der Waals surface area contributed by atoms with Gasteiger partial charge in [0.05, 0.1) is 18.4 Å². The quantitative estimate of drug-likeness (QED) is 0.458. The maximum atomic E-state index is 13.3. The molecule has 0 saturated carbocycles. The lowest BCUT2D eigenvalue weighted by molar-refractivity contribution is -0.142. The lowest BCUT2D eigenvalue weighted by Crippen LogP contribution is -2.43. The molecule has 0 radical (unpaired) electrons. The molecule has 0 bridgehead atoms. The molecule has 7 nitrogen and oxygen atoms in total. The first-order chi connectivity index (χ1) is 15.7. The number of pyridine rings is 1. The van der Waals surface area contributed by atoms with Crippen molar-refractivity contribution in [3.05, 3.63) is 103 Å². The molecule has 4 rings (SSSR count). The van der Waals surface area contributed by atoms with E-state index in [0.29, 0.717) is 23.2 Å². The first-order valence-electron chi connectivity index (χ1n) is 10.1. The van der Waals surface area contributed by atoms with E-state index >= 15 is 0 Å². The van der Waals surface area contributed by atoms with Crippen molar-refractivity contribution in [3.8, 4) is 16.9 Å². The molecule has 1 amide bonds. The largest absolute Gasteiger partial charge is 0.467 e. The van der Waals surface area contributed by atoms with Gasteiger partial charge in [-0.2, -0.15) is 5.10 Å². The molecule has 0 fully saturated rings. The van der Waals surface area contributed by atoms with Gasteiger partial charge in [-0.3, -0.25) is 9.78 Å². The molecule has 2 aromatic carbocycles. The molecule has 1 N–H and O–H groups in total. The zero-order chi connectivity index (χ0) is 22.3. The number of para-hydroxylation sites is 1. The minimum absolute atomic E-state index is 0.314. The molecule has 0 aliphatic heterocycles. The van der Waals surface area contributed by atoms with Gasteiger partial charge in [-0.1, -0.05) is 48.5 Å². The molecule has 0 aliphatic rings. The van der Waals surface area contributed by atoms with Crippen LogP contribution in [0.15, 0.2) is 91.4 Å². The molecular weight excluding hydrogens is 404 g/mol. The van der Waals surface area contributed by atoms with Crippen LogP contribution in [0.1, 0.15) is 15.9 Å². The lowest BCUT2D eigenvalue weighted by Gasteiger charge is -2.16. The number of aromatic nitrogens is 3. The SMILES string of the molecule is COC(=O)C(Cc1ccccc1)NC(=O)c1cn(-c2ccccc2)nc1-c1cccnc1. The summed E-state index contributed by atoms with van der Waals surface area (Å²) in [6.07, 6.45) is 5.28. The van der Waals surface area contributed by atoms with Crippen molar-refractivity contribution in [2.24, 2.45) is 0 Å². The highest BCUT2D eigenvalue weighted by Gasteiger charge is 2.26. The fraction of sp³-hybridized carbons (Fsp3) is 0.120. The standard InChI is InChI=1S/C25H22N4O3/c1-32-25(31)22(15-18-9-4-2-5-10-18)27-24(30)21-17-29(20-12-6-3-7-13-20)28-23(21)19-11-8-14-26-16-19/h2-14,16-17,22H,15H2,1H3,(H,27,30). The number of methoxy groups -OCH3 is 1. The summed E-state index contributed by atoms with van der Waals surface area (Å²) in [5.74, 6) is -0.932. The fourth-order valence-corrected chi connectivity index (χ4v) is 3.39. The van der Waals surface area contributed by atoms with Crippen molar-refractivity contribution in [1.82, 2.24) is 20.1 Å². The van der Waals surface area contributed by atoms with Gasteiger partial charge in [-0.25, -0.2) is 9.48 Å². The summed E-state index contributed by atoms with van der Waals surface area (Å²) in [6.45, 7) is 0. The van der Waals surface area contributed by atoms with E-state index in [-0.39, 0.29) is 0 Å². The molecule has 7 heteroatoms. The number of ether oxygens (including phenoxy) is 1. The summed E-state index contributed by atoms with van der Waals surface area (Å²) in [5, 5.41) is 7.45. The van der Waals surface area contributed by atoms with Crippen LogP contribution >= 0.6 is 0 Å². The normalized spacial score (nSPS) is 11.5. The number of nitrogens with one attached hydrogen (secondary N) is 1. The summed E-state index contributed by atoms with van der Waals surface area (Å²) >= 11 is 0. The summed E-state index contributed by atoms with van der Waals surface area (Å²) in [5.41, 5.74) is 3.23. The molecule has 32 heavy (non-hydrogen) atoms. The Hall–Kier alpha value is -4.26. The van der Waals surface area contributed by atoms with Crippen LogP contribution in [0.4, 0.5) is 0 Å². The van der Waals surface area contributed by atoms with Crippen LogP contribution in [0.25, 0.3) is 16.9 Å². The predicted octanol–water partition coefficient (Wildman–Crippen LogP) is 3.45. The molecule has 160 valence electrons. The first kappa shape index (κ1) is 21.0. The summed E-state index contributed by atoms with van der Waals surface area (Å²) in [7, 11) is 1.31. The highest BCUT2D eigenvalue weighted by molar-refractivity contribution is 6.01. The van der Waals surface area contributed by atoms with Crippen LogP contribution in [0.2, 0.25) is 0 Å². The number of carbonyl (C=O) groups excluding carboxylic acids is 2. The molecule has 0 saturated heterocycles. The van der Waals surface area contributed by atoms with Gasteiger partial charge < -0.3 is 10.1 Å². The second kappa shape index (κ2) is 9.70. The third kappa shape index (κ3) is 4.73. The highest BCUT2D eigenvalue weighted by atomic mass is 16.5. The topological polar surface area (TPSA) is 86.1 Å². The van der Waals surface area contributed by atoms with Crippen LogP contribution < -0.4 is 5.32 Å². The van der Waals surface area contributed by atoms with Gasteiger partial charge in [0.1, 0.15) is 11.7 Å². The zero-order valence-electron chi connectivity index (χ0n) is 17.5. The van der Waals surface area contributed by atoms with Crippen molar-refractivity contribution < 1.29 is 14.3 Å². The van der Waals surface area contributed by atoms with Gasteiger partial charge in [0.15, 0.2) is 0 Å². The van der Waals surface area contributed by atoms with Gasteiger partial charge in [0.25, 0.3) is 5.91 Å². The average molecular weight is 426 g/mol. The maximum absolute atomic E-state index is 13.3. The summed E-state index contributed by atoms with van der Waals surface area (Å²) in [4.78, 5) is 29.9. The van der Waals surface area contributed by atoms with Gasteiger partial charge in [-0.15, -0.1) is 0 Å². The number of benzene rings is 2. The van der Waals surface area contributed by atoms with Crippen LogP contribution in [-0.4, -0.2) is 39.8 Å². The van der Waals surface area contributed by atoms with E-state index < -0.39 is 17.9 Å². The number of nitrogens with zero attached hydrogens (tertiary/aromatic N) is 3. The van der Waals surface area contributed by atoms with Crippen LogP contribution in [0.5, 0.6) is 0 Å². The maximum Gasteiger partial charge on any atom is 0.328 e. The number of esters is 1. The van der Waals surface area contributed by atoms with E-state index in [1.165, 1.54) is 7.11 Å². The van der Waals surface area contributed by atoms with Crippen molar-refractivity contribution in [2.45, 2.75) is 12.5 Å². The molecule has 1 atom stereocenters. The Morgan fingerprint density at radius 2 is 1.72 bits per heavy atom. The van der Waals surface area contributed by atoms with E-state index in [9.17, 15) is 9.59 Å². The van der Waals surface area contributed by atoms with Crippen LogP contribution in [0, 0.1) is 0 Å². The van der Waals surface area contributed by atoms with Crippen molar-refractivity contribution in [3.63, 3.8) is 0 Å². The van der Waals surface area contributed by atoms with Crippen molar-refractivity contribution >= 4 is 11.9 Å². The Morgan fingerprint density at radius 3 is 2.38 bits per heavy atom. The molecule has 4 aromatic rings. The van der Waals surface area contributed by atoms with E-state index in [4.69, 9.17) is 4.74 Å². The van der Waals surface area contributed by atoms with Crippen LogP contribution in [0.3, 0.4) is 0 Å². The number of amides is 1. The minimum Gasteiger partial charge on any atom is -0.467 e. The third-order valence-corrected chi connectivity index (χ3v) is 4.99. The molecule has 0 spiro atoms. The highest BCUT2D eigenvalue weighted by Crippen LogP contribution is 2.23. The lowest BCUT2D eigenvalue weighted by atomic mass is 10.0. The predicted molar refractivity (Wildman–Crippen MR) is 120 cm³/mol. The zero-order valence-corrected chi connectivity index (χ0v) is 17.5. The number of hydrogen-bond donors (Lipinski definition) is 1. The van der Waals surface area contributed by atoms with Gasteiger partial charge in [0.2, 0.25) is 0 Å². The summed E-state index contributed by atoms with van der Waals surface area (Å²) < 4.78 is 6.57. The number of hydrogen-bond acceptors (Lipinski definition) is 5. The number of carbonyl (C=O) groups is 2. The second-order valence-corrected chi connectivity index (χ2v) is 7.15. The molecule has 1 unspecified atom stereocenters. The second-order valence-electron chi connectivity index (χ2n) is 7.15. The van der Waals surface area contributed by atoms with Gasteiger partial charge in [0, 0.05) is 30.6 Å². The Bertz CT molecular complexity index is 1190. The van der Waals surface area contributed by atoms with Gasteiger partial charge >= 0.3 is 5.97 Å².